The van der Waals surface area contributed by atoms with Gasteiger partial charge in [-0.05, 0) is 75.8 Å². The van der Waals surface area contributed by atoms with Crippen molar-refractivity contribution in [3.05, 3.63) is 54.0 Å². The fourth-order valence-corrected chi connectivity index (χ4v) is 5.63. The number of amides is 1. The van der Waals surface area contributed by atoms with Gasteiger partial charge in [0.15, 0.2) is 5.65 Å². The van der Waals surface area contributed by atoms with Gasteiger partial charge in [-0.15, -0.1) is 0 Å². The number of carbonyl (C=O) groups excluding carboxylic acids is 1. The summed E-state index contributed by atoms with van der Waals surface area (Å²) in [6.45, 7) is 6.41. The molecule has 2 aromatic heterocycles. The van der Waals surface area contributed by atoms with E-state index in [0.29, 0.717) is 18.6 Å². The van der Waals surface area contributed by atoms with E-state index >= 15 is 0 Å². The number of rotatable bonds is 6. The Morgan fingerprint density at radius 3 is 2.60 bits per heavy atom. The molecule has 1 aromatic carbocycles. The molecule has 1 atom stereocenters. The summed E-state index contributed by atoms with van der Waals surface area (Å²) in [7, 11) is 1.69. The van der Waals surface area contributed by atoms with Crippen molar-refractivity contribution in [2.24, 2.45) is 5.92 Å². The molecule has 0 unspecified atom stereocenters. The topological polar surface area (TPSA) is 69.5 Å². The molecule has 0 saturated carbocycles. The predicted molar refractivity (Wildman–Crippen MR) is 136 cm³/mol. The van der Waals surface area contributed by atoms with E-state index < -0.39 is 0 Å². The van der Waals surface area contributed by atoms with Gasteiger partial charge in [0.05, 0.1) is 12.7 Å². The van der Waals surface area contributed by atoms with Gasteiger partial charge in [0, 0.05) is 44.3 Å². The summed E-state index contributed by atoms with van der Waals surface area (Å²) in [6, 6.07) is 12.5. The van der Waals surface area contributed by atoms with E-state index in [9.17, 15) is 4.79 Å². The number of imidazole rings is 1. The van der Waals surface area contributed by atoms with E-state index in [-0.39, 0.29) is 11.5 Å². The van der Waals surface area contributed by atoms with Crippen molar-refractivity contribution in [1.29, 1.82) is 0 Å². The number of hydrogen-bond acceptors (Lipinski definition) is 5. The summed E-state index contributed by atoms with van der Waals surface area (Å²) in [5, 5.41) is 0. The third-order valence-electron chi connectivity index (χ3n) is 7.51. The highest BCUT2D eigenvalue weighted by atomic mass is 16.5. The lowest BCUT2D eigenvalue weighted by atomic mass is 9.87. The summed E-state index contributed by atoms with van der Waals surface area (Å²) in [5.41, 5.74) is 2.95. The van der Waals surface area contributed by atoms with Crippen LogP contribution in [0.5, 0.6) is 5.75 Å². The highest BCUT2D eigenvalue weighted by Crippen LogP contribution is 2.33. The van der Waals surface area contributed by atoms with Crippen LogP contribution in [-0.2, 0) is 22.4 Å². The molecule has 7 heteroatoms. The second kappa shape index (κ2) is 9.97. The Bertz CT molecular complexity index is 1160. The van der Waals surface area contributed by atoms with Gasteiger partial charge in [0.1, 0.15) is 17.1 Å². The highest BCUT2D eigenvalue weighted by molar-refractivity contribution is 5.79. The van der Waals surface area contributed by atoms with Crippen molar-refractivity contribution < 1.29 is 14.3 Å². The smallest absolute Gasteiger partial charge is 0.225 e. The number of aryl methyl sites for hydroxylation is 2. The number of methoxy groups -OCH3 is 1. The van der Waals surface area contributed by atoms with Gasteiger partial charge in [-0.1, -0.05) is 12.1 Å². The van der Waals surface area contributed by atoms with Crippen molar-refractivity contribution in [1.82, 2.24) is 19.4 Å². The maximum Gasteiger partial charge on any atom is 0.225 e. The third-order valence-corrected chi connectivity index (χ3v) is 7.51. The van der Waals surface area contributed by atoms with Gasteiger partial charge in [0.2, 0.25) is 5.91 Å². The first-order valence-electron chi connectivity index (χ1n) is 12.8. The molecule has 2 saturated heterocycles. The monoisotopic (exact) mass is 476 g/mol. The summed E-state index contributed by atoms with van der Waals surface area (Å²) in [5.74, 6) is 2.32. The highest BCUT2D eigenvalue weighted by Gasteiger charge is 2.36. The number of hydrogen-bond donors (Lipinski definition) is 0. The molecule has 186 valence electrons. The molecule has 0 spiro atoms. The number of pyridine rings is 1. The Kier molecular flexibility index (Phi) is 6.78. The number of fused-ring (bicyclic) bond motifs is 1. The van der Waals surface area contributed by atoms with Crippen molar-refractivity contribution >= 4 is 17.1 Å². The van der Waals surface area contributed by atoms with E-state index in [0.717, 1.165) is 74.4 Å². The van der Waals surface area contributed by atoms with Crippen LogP contribution in [-0.4, -0.2) is 57.7 Å². The second-order valence-corrected chi connectivity index (χ2v) is 10.4. The van der Waals surface area contributed by atoms with Gasteiger partial charge >= 0.3 is 0 Å². The number of aromatic nitrogens is 3. The molecule has 3 aromatic rings. The Balaban J connectivity index is 1.29. The van der Waals surface area contributed by atoms with E-state index in [1.54, 1.807) is 7.11 Å². The van der Waals surface area contributed by atoms with Crippen LogP contribution in [0.4, 0.5) is 0 Å². The molecule has 2 fully saturated rings. The number of likely N-dealkylation sites (tertiary alicyclic amines) is 1. The fourth-order valence-electron chi connectivity index (χ4n) is 5.63. The van der Waals surface area contributed by atoms with Crippen LogP contribution in [0.15, 0.2) is 42.6 Å². The molecule has 7 nitrogen and oxygen atoms in total. The Hall–Kier alpha value is -2.93. The molecule has 5 rings (SSSR count). The van der Waals surface area contributed by atoms with Crippen molar-refractivity contribution in [2.75, 3.05) is 26.8 Å². The van der Waals surface area contributed by atoms with Crippen molar-refractivity contribution in [2.45, 2.75) is 64.0 Å². The van der Waals surface area contributed by atoms with Crippen LogP contribution in [0.3, 0.4) is 0 Å². The Labute approximate surface area is 207 Å². The van der Waals surface area contributed by atoms with E-state index in [1.807, 2.05) is 30.5 Å². The zero-order valence-electron chi connectivity index (χ0n) is 21.1. The van der Waals surface area contributed by atoms with Crippen LogP contribution in [0, 0.1) is 5.92 Å². The minimum atomic E-state index is -0.211. The maximum absolute atomic E-state index is 13.2. The van der Waals surface area contributed by atoms with Gasteiger partial charge in [-0.25, -0.2) is 9.97 Å². The second-order valence-electron chi connectivity index (χ2n) is 10.4. The third kappa shape index (κ3) is 5.20. The van der Waals surface area contributed by atoms with Crippen LogP contribution < -0.4 is 4.74 Å². The summed E-state index contributed by atoms with van der Waals surface area (Å²) >= 11 is 0. The fraction of sp³-hybridized carbons (Fsp3) is 0.536. The minimum absolute atomic E-state index is 0.0751. The average molecular weight is 477 g/mol. The molecule has 0 aliphatic carbocycles. The maximum atomic E-state index is 13.2. The molecule has 0 N–H and O–H groups in total. The zero-order chi connectivity index (χ0) is 24.4. The molecule has 2 aliphatic rings. The average Bonchev–Trinajstić information content (AvgIpc) is 3.25. The lowest BCUT2D eigenvalue weighted by Gasteiger charge is -2.39. The quantitative estimate of drug-likeness (QED) is 0.520. The largest absolute Gasteiger partial charge is 0.497 e. The summed E-state index contributed by atoms with van der Waals surface area (Å²) < 4.78 is 13.5. The first kappa shape index (κ1) is 23.8. The first-order valence-corrected chi connectivity index (χ1v) is 12.8. The van der Waals surface area contributed by atoms with Crippen LogP contribution in [0.1, 0.15) is 57.0 Å². The van der Waals surface area contributed by atoms with Crippen LogP contribution in [0.25, 0.3) is 11.2 Å². The lowest BCUT2D eigenvalue weighted by molar-refractivity contribution is -0.146. The van der Waals surface area contributed by atoms with Crippen LogP contribution >= 0.6 is 0 Å². The van der Waals surface area contributed by atoms with Crippen LogP contribution in [0.2, 0.25) is 0 Å². The molecular formula is C28H36N4O3. The Morgan fingerprint density at radius 2 is 1.89 bits per heavy atom. The molecule has 0 radical (unpaired) electrons. The van der Waals surface area contributed by atoms with Gasteiger partial charge in [0.25, 0.3) is 0 Å². The molecule has 4 heterocycles. The van der Waals surface area contributed by atoms with E-state index in [1.165, 1.54) is 5.56 Å². The number of carbonyl (C=O) groups is 1. The summed E-state index contributed by atoms with van der Waals surface area (Å²) in [6.07, 6.45) is 7.08. The van der Waals surface area contributed by atoms with Crippen molar-refractivity contribution in [3.8, 4) is 5.75 Å². The molecule has 1 amide bonds. The zero-order valence-corrected chi connectivity index (χ0v) is 21.1. The molecule has 2 aliphatic heterocycles. The Morgan fingerprint density at radius 1 is 1.11 bits per heavy atom. The predicted octanol–water partition coefficient (Wildman–Crippen LogP) is 4.59. The molecule has 0 bridgehead atoms. The van der Waals surface area contributed by atoms with Gasteiger partial charge in [-0.3, -0.25) is 4.79 Å². The lowest BCUT2D eigenvalue weighted by Crippen LogP contribution is -2.46. The number of piperidine rings is 1. The normalized spacial score (nSPS) is 20.8. The van der Waals surface area contributed by atoms with Crippen molar-refractivity contribution in [3.63, 3.8) is 0 Å². The number of ether oxygens (including phenoxy) is 2. The number of benzene rings is 1. The van der Waals surface area contributed by atoms with Gasteiger partial charge in [-0.2, -0.15) is 0 Å². The molecule has 35 heavy (non-hydrogen) atoms. The SMILES string of the molecule is COc1ccc(CCc2nc3cccnc3n2C2CCN(C(=O)[C@@H]3CCOC(C)(C)C3)CC2)cc1. The van der Waals surface area contributed by atoms with Gasteiger partial charge < -0.3 is 18.9 Å². The standard InChI is InChI=1S/C28H36N4O3/c1-28(2)19-21(14-18-35-28)27(33)31-16-12-22(13-17-31)32-25(30-24-5-4-15-29-26(24)32)11-8-20-6-9-23(34-3)10-7-20/h4-7,9-10,15,21-22H,8,11-14,16-19H2,1-3H3/t21-/m1/s1. The van der Waals surface area contributed by atoms with E-state index in [4.69, 9.17) is 14.5 Å². The number of nitrogens with zero attached hydrogens (tertiary/aromatic N) is 4. The minimum Gasteiger partial charge on any atom is -0.497 e. The molecular weight excluding hydrogens is 440 g/mol. The summed E-state index contributed by atoms with van der Waals surface area (Å²) in [4.78, 5) is 25.0. The first-order chi connectivity index (χ1) is 16.9. The van der Waals surface area contributed by atoms with E-state index in [2.05, 4.69) is 40.4 Å².